The summed E-state index contributed by atoms with van der Waals surface area (Å²) in [5, 5.41) is 9.44. The Kier molecular flexibility index (Phi) is 2.62. The van der Waals surface area contributed by atoms with E-state index in [1.165, 1.54) is 0 Å². The molecular weight excluding hydrogens is 162 g/mol. The molecule has 0 unspecified atom stereocenters. The van der Waals surface area contributed by atoms with Crippen molar-refractivity contribution in [3.8, 4) is 5.75 Å². The quantitative estimate of drug-likeness (QED) is 0.692. The molecule has 0 atom stereocenters. The van der Waals surface area contributed by atoms with E-state index < -0.39 is 0 Å². The van der Waals surface area contributed by atoms with Crippen LogP contribution in [0.4, 0.5) is 5.69 Å². The van der Waals surface area contributed by atoms with Crippen molar-refractivity contribution in [2.75, 3.05) is 20.6 Å². The van der Waals surface area contributed by atoms with Crippen molar-refractivity contribution < 1.29 is 5.11 Å². The summed E-state index contributed by atoms with van der Waals surface area (Å²) in [5.41, 5.74) is 2.26. The van der Waals surface area contributed by atoms with Gasteiger partial charge in [-0.05, 0) is 25.5 Å². The highest BCUT2D eigenvalue weighted by molar-refractivity contribution is 5.49. The van der Waals surface area contributed by atoms with Gasteiger partial charge in [0, 0.05) is 12.1 Å². The number of aromatic hydroxyl groups is 1. The van der Waals surface area contributed by atoms with Crippen molar-refractivity contribution in [2.45, 2.75) is 13.8 Å². The third kappa shape index (κ3) is 2.22. The molecule has 0 amide bonds. The van der Waals surface area contributed by atoms with E-state index in [1.807, 2.05) is 13.0 Å². The topological polar surface area (TPSA) is 20.2 Å². The predicted octanol–water partition coefficient (Wildman–Crippen LogP) is 2.29. The first kappa shape index (κ1) is 10.1. The Bertz CT molecular complexity index is 285. The lowest BCUT2D eigenvalue weighted by Gasteiger charge is -2.27. The number of phenols is 1. The second-order valence-electron chi connectivity index (χ2n) is 4.03. The highest BCUT2D eigenvalue weighted by Gasteiger charge is 2.16. The number of phenolic OH excluding ortho intramolecular Hbond substituents is 1. The maximum absolute atomic E-state index is 9.44. The minimum Gasteiger partial charge on any atom is -0.508 e. The van der Waals surface area contributed by atoms with E-state index in [0.717, 1.165) is 22.3 Å². The molecule has 72 valence electrons. The first-order valence-electron chi connectivity index (χ1n) is 4.60. The zero-order valence-corrected chi connectivity index (χ0v) is 8.83. The van der Waals surface area contributed by atoms with Crippen LogP contribution in [-0.2, 0) is 0 Å². The molecular formula is C11H18NO+. The van der Waals surface area contributed by atoms with Crippen LogP contribution in [0, 0.1) is 6.92 Å². The molecule has 13 heavy (non-hydrogen) atoms. The van der Waals surface area contributed by atoms with Gasteiger partial charge in [-0.25, -0.2) is 0 Å². The molecule has 0 aromatic heterocycles. The molecule has 1 rings (SSSR count). The van der Waals surface area contributed by atoms with Crippen LogP contribution >= 0.6 is 0 Å². The van der Waals surface area contributed by atoms with Gasteiger partial charge in [0.1, 0.15) is 11.4 Å². The fourth-order valence-corrected chi connectivity index (χ4v) is 1.28. The highest BCUT2D eigenvalue weighted by atomic mass is 16.3. The van der Waals surface area contributed by atoms with Crippen LogP contribution in [0.15, 0.2) is 18.2 Å². The Labute approximate surface area is 80.0 Å². The van der Waals surface area contributed by atoms with Gasteiger partial charge in [0.05, 0.1) is 20.6 Å². The van der Waals surface area contributed by atoms with Crippen LogP contribution in [0.25, 0.3) is 0 Å². The van der Waals surface area contributed by atoms with E-state index in [0.29, 0.717) is 5.75 Å². The Morgan fingerprint density at radius 2 is 1.85 bits per heavy atom. The van der Waals surface area contributed by atoms with Crippen molar-refractivity contribution in [1.29, 1.82) is 0 Å². The molecule has 2 nitrogen and oxygen atoms in total. The van der Waals surface area contributed by atoms with Gasteiger partial charge in [0.15, 0.2) is 0 Å². The number of nitrogens with zero attached hydrogens (tertiary/aromatic N) is 1. The van der Waals surface area contributed by atoms with Crippen LogP contribution in [0.1, 0.15) is 12.5 Å². The average molecular weight is 180 g/mol. The standard InChI is InChI=1S/C11H17NO/c1-5-12(3,4)10-6-9(2)7-11(13)8-10/h6-8H,5H2,1-4H3/p+1. The number of rotatable bonds is 2. The van der Waals surface area contributed by atoms with Crippen LogP contribution in [0.3, 0.4) is 0 Å². The predicted molar refractivity (Wildman–Crippen MR) is 57.0 cm³/mol. The van der Waals surface area contributed by atoms with E-state index in [-0.39, 0.29) is 0 Å². The van der Waals surface area contributed by atoms with Crippen LogP contribution in [-0.4, -0.2) is 25.7 Å². The summed E-state index contributed by atoms with van der Waals surface area (Å²) in [6.45, 7) is 5.15. The number of quaternary nitrogens is 1. The molecule has 1 aromatic carbocycles. The molecule has 0 spiro atoms. The molecule has 1 aromatic rings. The summed E-state index contributed by atoms with van der Waals surface area (Å²) in [6, 6.07) is 5.72. The minimum atomic E-state index is 0.356. The first-order chi connectivity index (χ1) is 5.95. The third-order valence-electron chi connectivity index (χ3n) is 2.54. The number of hydrogen-bond acceptors (Lipinski definition) is 1. The van der Waals surface area contributed by atoms with Crippen LogP contribution in [0.2, 0.25) is 0 Å². The number of aryl methyl sites for hydroxylation is 1. The zero-order chi connectivity index (χ0) is 10.1. The average Bonchev–Trinajstić information content (AvgIpc) is 2.02. The SMILES string of the molecule is CC[N+](C)(C)c1cc(C)cc(O)c1. The monoisotopic (exact) mass is 180 g/mol. The van der Waals surface area contributed by atoms with Gasteiger partial charge in [-0.3, -0.25) is 4.48 Å². The van der Waals surface area contributed by atoms with Crippen LogP contribution < -0.4 is 4.48 Å². The molecule has 2 heteroatoms. The summed E-state index contributed by atoms with van der Waals surface area (Å²) in [7, 11) is 4.27. The number of benzene rings is 1. The van der Waals surface area contributed by atoms with Crippen LogP contribution in [0.5, 0.6) is 5.75 Å². The van der Waals surface area contributed by atoms with Crippen molar-refractivity contribution in [2.24, 2.45) is 0 Å². The Balaban J connectivity index is 3.15. The Morgan fingerprint density at radius 3 is 2.31 bits per heavy atom. The van der Waals surface area contributed by atoms with Crippen molar-refractivity contribution in [1.82, 2.24) is 4.48 Å². The van der Waals surface area contributed by atoms with Crippen molar-refractivity contribution >= 4 is 5.69 Å². The molecule has 0 radical (unpaired) electrons. The van der Waals surface area contributed by atoms with Gasteiger partial charge in [-0.1, -0.05) is 0 Å². The lowest BCUT2D eigenvalue weighted by Crippen LogP contribution is -2.39. The van der Waals surface area contributed by atoms with Gasteiger partial charge in [0.25, 0.3) is 0 Å². The first-order valence-corrected chi connectivity index (χ1v) is 4.60. The van der Waals surface area contributed by atoms with E-state index in [1.54, 1.807) is 6.07 Å². The molecule has 1 N–H and O–H groups in total. The minimum absolute atomic E-state index is 0.356. The van der Waals surface area contributed by atoms with Crippen molar-refractivity contribution in [3.05, 3.63) is 23.8 Å². The maximum Gasteiger partial charge on any atom is 0.136 e. The smallest absolute Gasteiger partial charge is 0.136 e. The molecule has 0 saturated heterocycles. The second-order valence-corrected chi connectivity index (χ2v) is 4.03. The molecule has 0 fully saturated rings. The molecule has 0 saturated carbocycles. The fraction of sp³-hybridized carbons (Fsp3) is 0.455. The normalized spacial score (nSPS) is 11.7. The van der Waals surface area contributed by atoms with Crippen molar-refractivity contribution in [3.63, 3.8) is 0 Å². The molecule has 0 aliphatic rings. The Hall–Kier alpha value is -1.02. The van der Waals surface area contributed by atoms with Gasteiger partial charge in [0.2, 0.25) is 0 Å². The van der Waals surface area contributed by atoms with Gasteiger partial charge in [-0.15, -0.1) is 0 Å². The zero-order valence-electron chi connectivity index (χ0n) is 8.83. The summed E-state index contributed by atoms with van der Waals surface area (Å²) in [4.78, 5) is 0. The van der Waals surface area contributed by atoms with Gasteiger partial charge < -0.3 is 5.11 Å². The van der Waals surface area contributed by atoms with Gasteiger partial charge in [-0.2, -0.15) is 0 Å². The summed E-state index contributed by atoms with van der Waals surface area (Å²) in [5.74, 6) is 0.356. The summed E-state index contributed by atoms with van der Waals surface area (Å²) >= 11 is 0. The molecule has 0 heterocycles. The second kappa shape index (κ2) is 3.38. The van der Waals surface area contributed by atoms with E-state index in [2.05, 4.69) is 27.1 Å². The third-order valence-corrected chi connectivity index (χ3v) is 2.54. The summed E-state index contributed by atoms with van der Waals surface area (Å²) < 4.78 is 0.801. The van der Waals surface area contributed by atoms with E-state index >= 15 is 0 Å². The molecule has 0 aliphatic carbocycles. The molecule has 0 aliphatic heterocycles. The lowest BCUT2D eigenvalue weighted by atomic mass is 10.2. The maximum atomic E-state index is 9.44. The fourth-order valence-electron chi connectivity index (χ4n) is 1.28. The number of hydrogen-bond donors (Lipinski definition) is 1. The van der Waals surface area contributed by atoms with E-state index in [9.17, 15) is 5.11 Å². The van der Waals surface area contributed by atoms with E-state index in [4.69, 9.17) is 0 Å². The molecule has 0 bridgehead atoms. The lowest BCUT2D eigenvalue weighted by molar-refractivity contribution is 0.415. The highest BCUT2D eigenvalue weighted by Crippen LogP contribution is 2.25. The van der Waals surface area contributed by atoms with Gasteiger partial charge >= 0.3 is 0 Å². The Morgan fingerprint density at radius 1 is 1.23 bits per heavy atom. The largest absolute Gasteiger partial charge is 0.508 e. The summed E-state index contributed by atoms with van der Waals surface area (Å²) in [6.07, 6.45) is 0.